The lowest BCUT2D eigenvalue weighted by molar-refractivity contribution is 0.0986. The second kappa shape index (κ2) is 7.67. The Labute approximate surface area is 180 Å². The van der Waals surface area contributed by atoms with Crippen LogP contribution in [0.5, 0.6) is 5.75 Å². The summed E-state index contributed by atoms with van der Waals surface area (Å²) in [7, 11) is 0. The van der Waals surface area contributed by atoms with Crippen LogP contribution in [0.3, 0.4) is 0 Å². The van der Waals surface area contributed by atoms with Gasteiger partial charge in [-0.3, -0.25) is 10.1 Å². The highest BCUT2D eigenvalue weighted by Crippen LogP contribution is 2.39. The van der Waals surface area contributed by atoms with Gasteiger partial charge in [0.1, 0.15) is 22.8 Å². The van der Waals surface area contributed by atoms with Gasteiger partial charge in [-0.05, 0) is 67.3 Å². The summed E-state index contributed by atoms with van der Waals surface area (Å²) in [6, 6.07) is 9.80. The van der Waals surface area contributed by atoms with E-state index in [-0.39, 0.29) is 11.8 Å². The average molecular weight is 415 g/mol. The van der Waals surface area contributed by atoms with Crippen LogP contribution in [0.1, 0.15) is 18.1 Å². The number of benzene rings is 1. The zero-order valence-corrected chi connectivity index (χ0v) is 17.9. The van der Waals surface area contributed by atoms with Crippen molar-refractivity contribution in [2.45, 2.75) is 26.8 Å². The first-order valence-electron chi connectivity index (χ1n) is 10.5. The van der Waals surface area contributed by atoms with Crippen molar-refractivity contribution in [2.24, 2.45) is 0 Å². The van der Waals surface area contributed by atoms with Crippen LogP contribution in [0.2, 0.25) is 0 Å². The quantitative estimate of drug-likeness (QED) is 0.521. The lowest BCUT2D eigenvalue weighted by Gasteiger charge is -2.35. The zero-order chi connectivity index (χ0) is 21.5. The number of H-pyrrole nitrogens is 1. The molecule has 5 rings (SSSR count). The van der Waals surface area contributed by atoms with E-state index < -0.39 is 0 Å². The first-order chi connectivity index (χ1) is 15.0. The van der Waals surface area contributed by atoms with Crippen LogP contribution in [-0.2, 0) is 4.74 Å². The molecule has 0 saturated carbocycles. The van der Waals surface area contributed by atoms with E-state index >= 15 is 0 Å². The molecule has 1 fully saturated rings. The standard InChI is InChI=1S/C24H25N5O2/c1-14-10-17(30)4-5-18(14)19-11-21(29-8-9-31-13-16(29)3)27-24-22(19)15(2)12-25-23(24)20-6-7-26-28-20/h4-7,10-12,16,30H,8-9,13H2,1-3H3,(H,26,28). The Morgan fingerprint density at radius 2 is 2.00 bits per heavy atom. The molecule has 4 aromatic rings. The maximum absolute atomic E-state index is 9.96. The Kier molecular flexibility index (Phi) is 4.82. The molecule has 1 unspecified atom stereocenters. The molecule has 2 N–H and O–H groups in total. The van der Waals surface area contributed by atoms with Crippen LogP contribution in [0.15, 0.2) is 42.7 Å². The molecule has 7 nitrogen and oxygen atoms in total. The summed E-state index contributed by atoms with van der Waals surface area (Å²) < 4.78 is 5.65. The Morgan fingerprint density at radius 1 is 1.13 bits per heavy atom. The number of aromatic hydroxyl groups is 1. The second-order valence-electron chi connectivity index (χ2n) is 8.13. The second-order valence-corrected chi connectivity index (χ2v) is 8.13. The third-order valence-corrected chi connectivity index (χ3v) is 5.93. The summed E-state index contributed by atoms with van der Waals surface area (Å²) in [5.41, 5.74) is 6.65. The summed E-state index contributed by atoms with van der Waals surface area (Å²) in [5, 5.41) is 18.2. The number of phenols is 1. The fourth-order valence-corrected chi connectivity index (χ4v) is 4.35. The summed E-state index contributed by atoms with van der Waals surface area (Å²) in [4.78, 5) is 12.1. The molecule has 1 aliphatic rings. The molecule has 1 aliphatic heterocycles. The highest BCUT2D eigenvalue weighted by atomic mass is 16.5. The van der Waals surface area contributed by atoms with Crippen LogP contribution >= 0.6 is 0 Å². The minimum absolute atomic E-state index is 0.223. The van der Waals surface area contributed by atoms with Crippen molar-refractivity contribution in [3.8, 4) is 28.3 Å². The molecule has 7 heteroatoms. The van der Waals surface area contributed by atoms with Gasteiger partial charge in [0.2, 0.25) is 0 Å². The van der Waals surface area contributed by atoms with E-state index in [0.717, 1.165) is 56.9 Å². The van der Waals surface area contributed by atoms with Crippen molar-refractivity contribution in [1.29, 1.82) is 0 Å². The van der Waals surface area contributed by atoms with Crippen LogP contribution in [0, 0.1) is 13.8 Å². The molecule has 0 spiro atoms. The molecule has 0 bridgehead atoms. The molecule has 3 aromatic heterocycles. The number of rotatable bonds is 3. The number of hydrogen-bond acceptors (Lipinski definition) is 6. The molecule has 1 atom stereocenters. The van der Waals surface area contributed by atoms with Gasteiger partial charge in [0.25, 0.3) is 0 Å². The van der Waals surface area contributed by atoms with Gasteiger partial charge in [0.05, 0.1) is 24.9 Å². The number of aryl methyl sites for hydroxylation is 2. The molecule has 4 heterocycles. The first kappa shape index (κ1) is 19.5. The van der Waals surface area contributed by atoms with E-state index in [0.29, 0.717) is 13.2 Å². The number of ether oxygens (including phenoxy) is 1. The molecule has 0 radical (unpaired) electrons. The molecule has 158 valence electrons. The Hall–Kier alpha value is -3.45. The smallest absolute Gasteiger partial charge is 0.130 e. The summed E-state index contributed by atoms with van der Waals surface area (Å²) in [6.45, 7) is 8.37. The van der Waals surface area contributed by atoms with E-state index in [4.69, 9.17) is 14.7 Å². The van der Waals surface area contributed by atoms with Gasteiger partial charge < -0.3 is 14.7 Å². The van der Waals surface area contributed by atoms with Crippen LogP contribution in [0.4, 0.5) is 5.82 Å². The highest BCUT2D eigenvalue weighted by molar-refractivity contribution is 6.03. The van der Waals surface area contributed by atoms with Gasteiger partial charge in [0, 0.05) is 24.3 Å². The van der Waals surface area contributed by atoms with Gasteiger partial charge in [0.15, 0.2) is 0 Å². The van der Waals surface area contributed by atoms with Crippen molar-refractivity contribution >= 4 is 16.7 Å². The van der Waals surface area contributed by atoms with Crippen LogP contribution in [0.25, 0.3) is 33.4 Å². The predicted molar refractivity (Wildman–Crippen MR) is 121 cm³/mol. The molecular weight excluding hydrogens is 390 g/mol. The van der Waals surface area contributed by atoms with E-state index in [9.17, 15) is 5.11 Å². The Balaban J connectivity index is 1.84. The third-order valence-electron chi connectivity index (χ3n) is 5.93. The monoisotopic (exact) mass is 415 g/mol. The van der Waals surface area contributed by atoms with Crippen molar-refractivity contribution in [1.82, 2.24) is 20.2 Å². The number of pyridine rings is 2. The van der Waals surface area contributed by atoms with Gasteiger partial charge >= 0.3 is 0 Å². The number of aromatic amines is 1. The maximum atomic E-state index is 9.96. The Morgan fingerprint density at radius 3 is 2.74 bits per heavy atom. The normalized spacial score (nSPS) is 16.7. The largest absolute Gasteiger partial charge is 0.508 e. The van der Waals surface area contributed by atoms with Crippen molar-refractivity contribution in [3.63, 3.8) is 0 Å². The van der Waals surface area contributed by atoms with Crippen LogP contribution in [-0.4, -0.2) is 51.1 Å². The highest BCUT2D eigenvalue weighted by Gasteiger charge is 2.24. The van der Waals surface area contributed by atoms with Gasteiger partial charge in [-0.15, -0.1) is 0 Å². The van der Waals surface area contributed by atoms with E-state index in [1.807, 2.05) is 25.3 Å². The van der Waals surface area contributed by atoms with E-state index in [2.05, 4.69) is 35.0 Å². The summed E-state index contributed by atoms with van der Waals surface area (Å²) >= 11 is 0. The number of aromatic nitrogens is 4. The molecular formula is C24H25N5O2. The number of morpholine rings is 1. The van der Waals surface area contributed by atoms with E-state index in [1.165, 1.54) is 0 Å². The average Bonchev–Trinajstić information content (AvgIpc) is 3.28. The predicted octanol–water partition coefficient (Wildman–Crippen LogP) is 4.23. The summed E-state index contributed by atoms with van der Waals surface area (Å²) in [5.74, 6) is 1.16. The molecule has 1 aromatic carbocycles. The lowest BCUT2D eigenvalue weighted by atomic mass is 9.94. The number of anilines is 1. The fourth-order valence-electron chi connectivity index (χ4n) is 4.35. The number of hydrogen-bond donors (Lipinski definition) is 2. The third kappa shape index (κ3) is 3.41. The lowest BCUT2D eigenvalue weighted by Crippen LogP contribution is -2.44. The van der Waals surface area contributed by atoms with Gasteiger partial charge in [-0.1, -0.05) is 6.07 Å². The number of phenolic OH excluding ortho intramolecular Hbond substituents is 1. The van der Waals surface area contributed by atoms with Crippen LogP contribution < -0.4 is 4.90 Å². The number of fused-ring (bicyclic) bond motifs is 1. The number of nitrogens with one attached hydrogen (secondary N) is 1. The molecule has 0 aliphatic carbocycles. The minimum atomic E-state index is 0.223. The van der Waals surface area contributed by atoms with Crippen molar-refractivity contribution in [2.75, 3.05) is 24.7 Å². The van der Waals surface area contributed by atoms with Crippen molar-refractivity contribution < 1.29 is 9.84 Å². The molecule has 0 amide bonds. The topological polar surface area (TPSA) is 87.2 Å². The van der Waals surface area contributed by atoms with Gasteiger partial charge in [-0.25, -0.2) is 4.98 Å². The molecule has 31 heavy (non-hydrogen) atoms. The number of nitrogens with zero attached hydrogens (tertiary/aromatic N) is 4. The SMILES string of the molecule is Cc1cc(O)ccc1-c1cc(N2CCOCC2C)nc2c(-c3ccn[nH]3)ncc(C)c12. The Bertz CT molecular complexity index is 1250. The summed E-state index contributed by atoms with van der Waals surface area (Å²) in [6.07, 6.45) is 3.61. The maximum Gasteiger partial charge on any atom is 0.130 e. The molecule has 1 saturated heterocycles. The minimum Gasteiger partial charge on any atom is -0.508 e. The fraction of sp³-hybridized carbons (Fsp3) is 0.292. The van der Waals surface area contributed by atoms with E-state index in [1.54, 1.807) is 18.3 Å². The van der Waals surface area contributed by atoms with Gasteiger partial charge in [-0.2, -0.15) is 5.10 Å². The first-order valence-corrected chi connectivity index (χ1v) is 10.5. The van der Waals surface area contributed by atoms with Crippen molar-refractivity contribution in [3.05, 3.63) is 53.9 Å². The zero-order valence-electron chi connectivity index (χ0n) is 17.9.